The van der Waals surface area contributed by atoms with Crippen molar-refractivity contribution in [2.24, 2.45) is 5.41 Å². The van der Waals surface area contributed by atoms with Gasteiger partial charge in [0.05, 0.1) is 0 Å². The van der Waals surface area contributed by atoms with Crippen LogP contribution in [0.1, 0.15) is 26.2 Å². The van der Waals surface area contributed by atoms with Gasteiger partial charge in [-0.1, -0.05) is 6.92 Å². The normalized spacial score (nSPS) is 17.8. The van der Waals surface area contributed by atoms with Crippen LogP contribution in [0.3, 0.4) is 0 Å². The summed E-state index contributed by atoms with van der Waals surface area (Å²) in [7, 11) is 0. The second-order valence-corrected chi connectivity index (χ2v) is 4.00. The molecule has 0 atom stereocenters. The summed E-state index contributed by atoms with van der Waals surface area (Å²) in [6.45, 7) is 3.20. The number of nitrogen functional groups attached to an aromatic ring is 1. The van der Waals surface area contributed by atoms with Gasteiger partial charge in [0.2, 0.25) is 0 Å². The van der Waals surface area contributed by atoms with Gasteiger partial charge in [-0.3, -0.25) is 0 Å². The van der Waals surface area contributed by atoms with Gasteiger partial charge in [0.25, 0.3) is 0 Å². The Hall–Kier alpha value is -1.32. The first-order chi connectivity index (χ1) is 6.76. The molecular weight excluding hydrogens is 176 g/mol. The van der Waals surface area contributed by atoms with Crippen LogP contribution in [-0.2, 0) is 0 Å². The van der Waals surface area contributed by atoms with Crippen LogP contribution >= 0.6 is 0 Å². The van der Waals surface area contributed by atoms with Gasteiger partial charge in [-0.15, -0.1) is 0 Å². The summed E-state index contributed by atoms with van der Waals surface area (Å²) in [5, 5.41) is 3.27. The van der Waals surface area contributed by atoms with E-state index in [9.17, 15) is 0 Å². The first kappa shape index (κ1) is 9.24. The third-order valence-electron chi connectivity index (χ3n) is 3.06. The van der Waals surface area contributed by atoms with Crippen molar-refractivity contribution < 1.29 is 0 Å². The molecular formula is C10H16N4. The smallest absolute Gasteiger partial charge is 0.168 e. The van der Waals surface area contributed by atoms with Crippen LogP contribution < -0.4 is 11.1 Å². The van der Waals surface area contributed by atoms with Crippen molar-refractivity contribution in [3.05, 3.63) is 12.4 Å². The number of hydrogen-bond acceptors (Lipinski definition) is 4. The van der Waals surface area contributed by atoms with Gasteiger partial charge in [-0.25, -0.2) is 9.97 Å². The van der Waals surface area contributed by atoms with Crippen LogP contribution in [-0.4, -0.2) is 16.5 Å². The Kier molecular flexibility index (Phi) is 2.27. The average molecular weight is 192 g/mol. The second-order valence-electron chi connectivity index (χ2n) is 4.00. The molecule has 76 valence electrons. The predicted octanol–water partition coefficient (Wildman–Crippen LogP) is 1.66. The van der Waals surface area contributed by atoms with E-state index in [1.807, 2.05) is 0 Å². The van der Waals surface area contributed by atoms with Gasteiger partial charge >= 0.3 is 0 Å². The Morgan fingerprint density at radius 2 is 2.14 bits per heavy atom. The molecule has 4 heteroatoms. The number of nitrogens with two attached hydrogens (primary N) is 1. The zero-order chi connectivity index (χ0) is 10.0. The number of rotatable bonds is 4. The van der Waals surface area contributed by atoms with E-state index in [0.717, 1.165) is 6.54 Å². The molecule has 1 heterocycles. The molecule has 0 aliphatic heterocycles. The first-order valence-corrected chi connectivity index (χ1v) is 5.06. The van der Waals surface area contributed by atoms with Crippen molar-refractivity contribution >= 4 is 11.6 Å². The lowest BCUT2D eigenvalue weighted by atomic mass is 10.0. The molecule has 14 heavy (non-hydrogen) atoms. The van der Waals surface area contributed by atoms with Gasteiger partial charge in [0.1, 0.15) is 0 Å². The lowest BCUT2D eigenvalue weighted by Gasteiger charge is -2.14. The standard InChI is InChI=1S/C10H16N4/c1-2-10(3-4-10)7-14-9-8(11)12-5-6-13-9/h5-6H,2-4,7H2,1H3,(H2,11,12)(H,13,14). The Morgan fingerprint density at radius 1 is 1.43 bits per heavy atom. The quantitative estimate of drug-likeness (QED) is 0.761. The van der Waals surface area contributed by atoms with E-state index >= 15 is 0 Å². The number of nitrogens with zero attached hydrogens (tertiary/aromatic N) is 2. The highest BCUT2D eigenvalue weighted by Crippen LogP contribution is 2.48. The summed E-state index contributed by atoms with van der Waals surface area (Å²) in [5.74, 6) is 1.20. The molecule has 2 rings (SSSR count). The van der Waals surface area contributed by atoms with Crippen LogP contribution in [0.4, 0.5) is 11.6 Å². The Bertz CT molecular complexity index is 320. The van der Waals surface area contributed by atoms with E-state index in [2.05, 4.69) is 22.2 Å². The SMILES string of the molecule is CCC1(CNc2nccnc2N)CC1. The maximum absolute atomic E-state index is 5.68. The highest BCUT2D eigenvalue weighted by atomic mass is 15.1. The van der Waals surface area contributed by atoms with Crippen molar-refractivity contribution in [1.82, 2.24) is 9.97 Å². The average Bonchev–Trinajstić information content (AvgIpc) is 2.98. The maximum Gasteiger partial charge on any atom is 0.168 e. The van der Waals surface area contributed by atoms with E-state index in [0.29, 0.717) is 17.1 Å². The molecule has 0 unspecified atom stereocenters. The van der Waals surface area contributed by atoms with E-state index in [4.69, 9.17) is 5.73 Å². The van der Waals surface area contributed by atoms with Crippen molar-refractivity contribution in [2.45, 2.75) is 26.2 Å². The number of anilines is 2. The Morgan fingerprint density at radius 3 is 2.71 bits per heavy atom. The largest absolute Gasteiger partial charge is 0.381 e. The van der Waals surface area contributed by atoms with E-state index in [-0.39, 0.29) is 0 Å². The monoisotopic (exact) mass is 192 g/mol. The van der Waals surface area contributed by atoms with Gasteiger partial charge in [-0.2, -0.15) is 0 Å². The first-order valence-electron chi connectivity index (χ1n) is 5.06. The van der Waals surface area contributed by atoms with Crippen molar-refractivity contribution in [2.75, 3.05) is 17.6 Å². The van der Waals surface area contributed by atoms with Crippen LogP contribution in [0, 0.1) is 5.41 Å². The maximum atomic E-state index is 5.68. The number of hydrogen-bond donors (Lipinski definition) is 2. The third kappa shape index (κ3) is 1.78. The molecule has 1 fully saturated rings. The molecule has 0 aromatic carbocycles. The molecule has 0 saturated heterocycles. The highest BCUT2D eigenvalue weighted by molar-refractivity contribution is 5.55. The van der Waals surface area contributed by atoms with Crippen molar-refractivity contribution in [1.29, 1.82) is 0 Å². The second kappa shape index (κ2) is 3.44. The number of nitrogens with one attached hydrogen (secondary N) is 1. The summed E-state index contributed by atoms with van der Waals surface area (Å²) in [4.78, 5) is 8.12. The van der Waals surface area contributed by atoms with E-state index in [1.54, 1.807) is 12.4 Å². The third-order valence-corrected chi connectivity index (χ3v) is 3.06. The highest BCUT2D eigenvalue weighted by Gasteiger charge is 2.40. The summed E-state index contributed by atoms with van der Waals surface area (Å²) in [5.41, 5.74) is 6.18. The molecule has 4 nitrogen and oxygen atoms in total. The minimum Gasteiger partial charge on any atom is -0.381 e. The predicted molar refractivity (Wildman–Crippen MR) is 56.9 cm³/mol. The van der Waals surface area contributed by atoms with Crippen LogP contribution in [0.15, 0.2) is 12.4 Å². The molecule has 0 radical (unpaired) electrons. The summed E-state index contributed by atoms with van der Waals surface area (Å²) < 4.78 is 0. The van der Waals surface area contributed by atoms with Gasteiger partial charge in [0.15, 0.2) is 11.6 Å². The topological polar surface area (TPSA) is 63.8 Å². The summed E-state index contributed by atoms with van der Waals surface area (Å²) >= 11 is 0. The molecule has 1 aromatic rings. The molecule has 0 bridgehead atoms. The van der Waals surface area contributed by atoms with Crippen molar-refractivity contribution in [3.8, 4) is 0 Å². The van der Waals surface area contributed by atoms with Crippen molar-refractivity contribution in [3.63, 3.8) is 0 Å². The minimum absolute atomic E-state index is 0.486. The van der Waals surface area contributed by atoms with Crippen LogP contribution in [0.25, 0.3) is 0 Å². The molecule has 0 spiro atoms. The van der Waals surface area contributed by atoms with Crippen LogP contribution in [0.5, 0.6) is 0 Å². The zero-order valence-corrected chi connectivity index (χ0v) is 8.45. The molecule has 3 N–H and O–H groups in total. The van der Waals surface area contributed by atoms with E-state index < -0.39 is 0 Å². The van der Waals surface area contributed by atoms with Gasteiger partial charge in [-0.05, 0) is 24.7 Å². The van der Waals surface area contributed by atoms with Crippen LogP contribution in [0.2, 0.25) is 0 Å². The minimum atomic E-state index is 0.486. The molecule has 1 aliphatic rings. The fourth-order valence-electron chi connectivity index (χ4n) is 1.59. The molecule has 1 saturated carbocycles. The fourth-order valence-corrected chi connectivity index (χ4v) is 1.59. The molecule has 1 aliphatic carbocycles. The lowest BCUT2D eigenvalue weighted by Crippen LogP contribution is -2.16. The van der Waals surface area contributed by atoms with E-state index in [1.165, 1.54) is 19.3 Å². The summed E-state index contributed by atoms with van der Waals surface area (Å²) in [6.07, 6.45) is 7.12. The molecule has 0 amide bonds. The fraction of sp³-hybridized carbons (Fsp3) is 0.600. The Balaban J connectivity index is 1.95. The Labute approximate surface area is 83.9 Å². The van der Waals surface area contributed by atoms with Gasteiger partial charge < -0.3 is 11.1 Å². The summed E-state index contributed by atoms with van der Waals surface area (Å²) in [6, 6.07) is 0. The lowest BCUT2D eigenvalue weighted by molar-refractivity contribution is 0.521. The van der Waals surface area contributed by atoms with Gasteiger partial charge in [0, 0.05) is 18.9 Å². The molecule has 1 aromatic heterocycles. The number of aromatic nitrogens is 2. The zero-order valence-electron chi connectivity index (χ0n) is 8.45.